The maximum Gasteiger partial charge on any atom is 0.252 e. The topological polar surface area (TPSA) is 84.7 Å². The first-order chi connectivity index (χ1) is 9.69. The molecule has 7 heteroatoms. The summed E-state index contributed by atoms with van der Waals surface area (Å²) < 4.78 is 1.64. The van der Waals surface area contributed by atoms with Crippen molar-refractivity contribution in [3.63, 3.8) is 0 Å². The Kier molecular flexibility index (Phi) is 4.65. The third-order valence-electron chi connectivity index (χ3n) is 2.66. The van der Waals surface area contributed by atoms with Gasteiger partial charge in [0.25, 0.3) is 5.91 Å². The van der Waals surface area contributed by atoms with E-state index in [0.29, 0.717) is 24.4 Å². The molecule has 2 N–H and O–H groups in total. The van der Waals surface area contributed by atoms with Gasteiger partial charge in [-0.3, -0.25) is 9.48 Å². The Balaban J connectivity index is 1.82. The van der Waals surface area contributed by atoms with Gasteiger partial charge < -0.3 is 10.6 Å². The van der Waals surface area contributed by atoms with E-state index in [2.05, 4.69) is 25.7 Å². The number of rotatable bonds is 6. The van der Waals surface area contributed by atoms with Crippen LogP contribution in [0.25, 0.3) is 0 Å². The fourth-order valence-corrected chi connectivity index (χ4v) is 1.70. The second kappa shape index (κ2) is 6.65. The van der Waals surface area contributed by atoms with Crippen molar-refractivity contribution >= 4 is 11.7 Å². The summed E-state index contributed by atoms with van der Waals surface area (Å²) >= 11 is 0. The van der Waals surface area contributed by atoms with Crippen molar-refractivity contribution in [1.29, 1.82) is 0 Å². The van der Waals surface area contributed by atoms with Crippen LogP contribution in [0, 0.1) is 0 Å². The summed E-state index contributed by atoms with van der Waals surface area (Å²) in [6, 6.07) is 3.54. The number of aryl methyl sites for hydroxylation is 1. The molecule has 2 heterocycles. The van der Waals surface area contributed by atoms with E-state index in [9.17, 15) is 4.79 Å². The zero-order chi connectivity index (χ0) is 14.4. The Bertz CT molecular complexity index is 562. The molecule has 0 aliphatic carbocycles. The van der Waals surface area contributed by atoms with Gasteiger partial charge in [0.15, 0.2) is 5.82 Å². The van der Waals surface area contributed by atoms with Crippen molar-refractivity contribution < 1.29 is 4.79 Å². The van der Waals surface area contributed by atoms with Crippen molar-refractivity contribution in [1.82, 2.24) is 25.1 Å². The fourth-order valence-electron chi connectivity index (χ4n) is 1.70. The number of hydrogen-bond donors (Lipinski definition) is 2. The Morgan fingerprint density at radius 2 is 2.20 bits per heavy atom. The van der Waals surface area contributed by atoms with Crippen LogP contribution in [-0.2, 0) is 13.5 Å². The molecule has 0 bridgehead atoms. The molecule has 0 aromatic carbocycles. The van der Waals surface area contributed by atoms with Crippen LogP contribution in [0.5, 0.6) is 0 Å². The first-order valence-corrected chi connectivity index (χ1v) is 6.51. The Morgan fingerprint density at radius 3 is 2.80 bits per heavy atom. The number of amides is 1. The first-order valence-electron chi connectivity index (χ1n) is 6.51. The molecule has 0 atom stereocenters. The third-order valence-corrected chi connectivity index (χ3v) is 2.66. The van der Waals surface area contributed by atoms with Gasteiger partial charge in [0, 0.05) is 32.8 Å². The van der Waals surface area contributed by atoms with E-state index in [-0.39, 0.29) is 5.91 Å². The first kappa shape index (κ1) is 14.0. The number of carbonyl (C=O) groups is 1. The van der Waals surface area contributed by atoms with Crippen molar-refractivity contribution in [2.45, 2.75) is 13.3 Å². The number of nitrogens with zero attached hydrogens (tertiary/aromatic N) is 4. The molecule has 2 rings (SSSR count). The van der Waals surface area contributed by atoms with Crippen LogP contribution in [0.15, 0.2) is 24.7 Å². The van der Waals surface area contributed by atoms with Gasteiger partial charge in [0.05, 0.1) is 5.56 Å². The molecule has 0 spiro atoms. The smallest absolute Gasteiger partial charge is 0.252 e. The summed E-state index contributed by atoms with van der Waals surface area (Å²) in [5, 5.41) is 10.0. The van der Waals surface area contributed by atoms with E-state index in [1.54, 1.807) is 29.3 Å². The third kappa shape index (κ3) is 3.78. The second-order valence-corrected chi connectivity index (χ2v) is 4.30. The summed E-state index contributed by atoms with van der Waals surface area (Å²) in [4.78, 5) is 20.1. The van der Waals surface area contributed by atoms with Gasteiger partial charge in [-0.2, -0.15) is 5.10 Å². The minimum Gasteiger partial charge on any atom is -0.370 e. The van der Waals surface area contributed by atoms with Crippen molar-refractivity contribution in [3.05, 3.63) is 36.0 Å². The summed E-state index contributed by atoms with van der Waals surface area (Å²) in [6.07, 6.45) is 3.81. The van der Waals surface area contributed by atoms with Gasteiger partial charge in [0.1, 0.15) is 12.1 Å². The van der Waals surface area contributed by atoms with Crippen LogP contribution in [0.1, 0.15) is 23.1 Å². The number of pyridine rings is 1. The van der Waals surface area contributed by atoms with E-state index in [1.807, 2.05) is 14.0 Å². The molecule has 0 radical (unpaired) electrons. The van der Waals surface area contributed by atoms with E-state index in [0.717, 1.165) is 12.4 Å². The van der Waals surface area contributed by atoms with E-state index in [1.165, 1.54) is 0 Å². The zero-order valence-electron chi connectivity index (χ0n) is 11.6. The average Bonchev–Trinajstić information content (AvgIpc) is 2.85. The summed E-state index contributed by atoms with van der Waals surface area (Å²) in [5.74, 6) is 1.34. The van der Waals surface area contributed by atoms with Crippen molar-refractivity contribution in [2.75, 3.05) is 18.4 Å². The maximum absolute atomic E-state index is 11.9. The Morgan fingerprint density at radius 1 is 1.35 bits per heavy atom. The van der Waals surface area contributed by atoms with Gasteiger partial charge in [-0.25, -0.2) is 9.97 Å². The quantitative estimate of drug-likeness (QED) is 0.806. The van der Waals surface area contributed by atoms with Crippen molar-refractivity contribution in [2.24, 2.45) is 7.05 Å². The minimum absolute atomic E-state index is 0.142. The number of aromatic nitrogens is 4. The van der Waals surface area contributed by atoms with Gasteiger partial charge in [-0.15, -0.1) is 0 Å². The van der Waals surface area contributed by atoms with E-state index in [4.69, 9.17) is 0 Å². The molecule has 7 nitrogen and oxygen atoms in total. The highest BCUT2D eigenvalue weighted by Crippen LogP contribution is 2.04. The molecule has 0 aliphatic rings. The van der Waals surface area contributed by atoms with Gasteiger partial charge in [-0.05, 0) is 19.1 Å². The molecule has 0 saturated heterocycles. The highest BCUT2D eigenvalue weighted by molar-refractivity contribution is 5.94. The average molecular weight is 274 g/mol. The lowest BCUT2D eigenvalue weighted by molar-refractivity contribution is 0.0953. The Labute approximate surface area is 117 Å². The largest absolute Gasteiger partial charge is 0.370 e. The molecule has 0 saturated carbocycles. The standard InChI is InChI=1S/C13H18N6O/c1-3-14-11-5-4-10(8-16-11)13(20)15-7-6-12-17-9-19(2)18-12/h4-5,8-9H,3,6-7H2,1-2H3,(H,14,16)(H,15,20). The molecule has 0 fully saturated rings. The fraction of sp³-hybridized carbons (Fsp3) is 0.385. The van der Waals surface area contributed by atoms with Crippen LogP contribution in [0.3, 0.4) is 0 Å². The molecule has 0 unspecified atom stereocenters. The molecule has 106 valence electrons. The minimum atomic E-state index is -0.142. The number of hydrogen-bond acceptors (Lipinski definition) is 5. The number of carbonyl (C=O) groups excluding carboxylic acids is 1. The Hall–Kier alpha value is -2.44. The van der Waals surface area contributed by atoms with E-state index >= 15 is 0 Å². The molecule has 0 aliphatic heterocycles. The lowest BCUT2D eigenvalue weighted by Crippen LogP contribution is -2.26. The molecule has 2 aromatic rings. The predicted molar refractivity (Wildman–Crippen MR) is 75.4 cm³/mol. The van der Waals surface area contributed by atoms with E-state index < -0.39 is 0 Å². The highest BCUT2D eigenvalue weighted by atomic mass is 16.1. The van der Waals surface area contributed by atoms with Gasteiger partial charge >= 0.3 is 0 Å². The van der Waals surface area contributed by atoms with Gasteiger partial charge in [-0.1, -0.05) is 0 Å². The predicted octanol–water partition coefficient (Wildman–Crippen LogP) is 0.614. The summed E-state index contributed by atoms with van der Waals surface area (Å²) in [6.45, 7) is 3.29. The SMILES string of the molecule is CCNc1ccc(C(=O)NCCc2ncn(C)n2)cn1. The number of anilines is 1. The second-order valence-electron chi connectivity index (χ2n) is 4.30. The van der Waals surface area contributed by atoms with Crippen LogP contribution in [0.2, 0.25) is 0 Å². The van der Waals surface area contributed by atoms with Crippen LogP contribution >= 0.6 is 0 Å². The highest BCUT2D eigenvalue weighted by Gasteiger charge is 2.06. The molecule has 1 amide bonds. The molecular weight excluding hydrogens is 256 g/mol. The molecule has 2 aromatic heterocycles. The lowest BCUT2D eigenvalue weighted by atomic mass is 10.2. The van der Waals surface area contributed by atoms with Gasteiger partial charge in [0.2, 0.25) is 0 Å². The van der Waals surface area contributed by atoms with Crippen LogP contribution in [-0.4, -0.2) is 38.7 Å². The van der Waals surface area contributed by atoms with Crippen LogP contribution < -0.4 is 10.6 Å². The number of nitrogens with one attached hydrogen (secondary N) is 2. The summed E-state index contributed by atoms with van der Waals surface area (Å²) in [5.41, 5.74) is 0.542. The maximum atomic E-state index is 11.9. The van der Waals surface area contributed by atoms with Crippen LogP contribution in [0.4, 0.5) is 5.82 Å². The van der Waals surface area contributed by atoms with Crippen molar-refractivity contribution in [3.8, 4) is 0 Å². The molecule has 20 heavy (non-hydrogen) atoms. The summed E-state index contributed by atoms with van der Waals surface area (Å²) in [7, 11) is 1.81. The normalized spacial score (nSPS) is 10.3. The lowest BCUT2D eigenvalue weighted by Gasteiger charge is -2.05. The molecular formula is C13H18N6O. The monoisotopic (exact) mass is 274 g/mol. The zero-order valence-corrected chi connectivity index (χ0v) is 11.6.